The average molecular weight is 278 g/mol. The van der Waals surface area contributed by atoms with Gasteiger partial charge in [0.25, 0.3) is 0 Å². The van der Waals surface area contributed by atoms with Crippen molar-refractivity contribution in [2.45, 2.75) is 32.2 Å². The molecule has 1 saturated carbocycles. The summed E-state index contributed by atoms with van der Waals surface area (Å²) < 4.78 is 0. The van der Waals surface area contributed by atoms with Gasteiger partial charge in [0, 0.05) is 30.9 Å². The summed E-state index contributed by atoms with van der Waals surface area (Å²) in [4.78, 5) is 16.0. The summed E-state index contributed by atoms with van der Waals surface area (Å²) in [6.45, 7) is 3.30. The first-order valence-electron chi connectivity index (χ1n) is 7.20. The number of thiophene rings is 1. The molecule has 2 heterocycles. The van der Waals surface area contributed by atoms with Crippen LogP contribution in [0.1, 0.15) is 30.6 Å². The number of nitrogens with zero attached hydrogens (tertiary/aromatic N) is 1. The quantitative estimate of drug-likeness (QED) is 0.921. The highest BCUT2D eigenvalue weighted by atomic mass is 32.1. The first-order valence-corrected chi connectivity index (χ1v) is 8.08. The molecule has 1 aromatic heterocycles. The lowest BCUT2D eigenvalue weighted by Crippen LogP contribution is -2.39. The van der Waals surface area contributed by atoms with E-state index in [1.165, 1.54) is 24.1 Å². The van der Waals surface area contributed by atoms with Gasteiger partial charge in [-0.3, -0.25) is 9.69 Å². The topological polar surface area (TPSA) is 32.3 Å². The molecule has 1 aliphatic carbocycles. The molecule has 4 heteroatoms. The lowest BCUT2D eigenvalue weighted by Gasteiger charge is -2.30. The van der Waals surface area contributed by atoms with Crippen LogP contribution >= 0.6 is 11.3 Å². The van der Waals surface area contributed by atoms with Crippen LogP contribution in [-0.4, -0.2) is 30.9 Å². The van der Waals surface area contributed by atoms with E-state index in [0.717, 1.165) is 26.1 Å². The minimum Gasteiger partial charge on any atom is -0.359 e. The molecule has 2 atom stereocenters. The molecule has 1 amide bonds. The van der Waals surface area contributed by atoms with Crippen molar-refractivity contribution in [3.8, 4) is 0 Å². The minimum absolute atomic E-state index is 0.242. The number of hydrogen-bond acceptors (Lipinski definition) is 3. The molecule has 1 N–H and O–H groups in total. The fourth-order valence-electron chi connectivity index (χ4n) is 3.95. The van der Waals surface area contributed by atoms with E-state index in [9.17, 15) is 4.79 Å². The van der Waals surface area contributed by atoms with Gasteiger partial charge in [-0.15, -0.1) is 11.3 Å². The molecular formula is C15H22N2OS. The Morgan fingerprint density at radius 2 is 2.47 bits per heavy atom. The van der Waals surface area contributed by atoms with Crippen molar-refractivity contribution in [2.24, 2.45) is 11.3 Å². The maximum Gasteiger partial charge on any atom is 0.223 e. The molecule has 1 saturated heterocycles. The summed E-state index contributed by atoms with van der Waals surface area (Å²) in [5.41, 5.74) is 0.261. The minimum atomic E-state index is 0.242. The maximum atomic E-state index is 12.1. The van der Waals surface area contributed by atoms with E-state index in [-0.39, 0.29) is 17.2 Å². The summed E-state index contributed by atoms with van der Waals surface area (Å²) in [6.07, 6.45) is 4.71. The van der Waals surface area contributed by atoms with Gasteiger partial charge in [-0.05, 0) is 42.7 Å². The van der Waals surface area contributed by atoms with Crippen LogP contribution in [0, 0.1) is 11.3 Å². The van der Waals surface area contributed by atoms with Crippen LogP contribution in [-0.2, 0) is 11.3 Å². The number of carbonyl (C=O) groups is 1. The molecule has 0 bridgehead atoms. The van der Waals surface area contributed by atoms with Gasteiger partial charge >= 0.3 is 0 Å². The second-order valence-electron chi connectivity index (χ2n) is 5.96. The zero-order valence-corrected chi connectivity index (χ0v) is 12.3. The summed E-state index contributed by atoms with van der Waals surface area (Å²) in [5.74, 6) is 0.501. The van der Waals surface area contributed by atoms with E-state index in [1.807, 2.05) is 11.3 Å². The summed E-state index contributed by atoms with van der Waals surface area (Å²) in [5, 5.41) is 5.01. The molecule has 0 unspecified atom stereocenters. The van der Waals surface area contributed by atoms with Crippen molar-refractivity contribution < 1.29 is 4.79 Å². The number of hydrogen-bond donors (Lipinski definition) is 1. The van der Waals surface area contributed by atoms with Crippen LogP contribution in [0.5, 0.6) is 0 Å². The van der Waals surface area contributed by atoms with Crippen molar-refractivity contribution in [3.63, 3.8) is 0 Å². The summed E-state index contributed by atoms with van der Waals surface area (Å²) >= 11 is 1.83. The van der Waals surface area contributed by atoms with Gasteiger partial charge in [-0.2, -0.15) is 0 Å². The van der Waals surface area contributed by atoms with E-state index in [1.54, 1.807) is 7.05 Å². The Hall–Kier alpha value is -0.870. The number of likely N-dealkylation sites (tertiary alicyclic amines) is 1. The smallest absolute Gasteiger partial charge is 0.223 e. The average Bonchev–Trinajstić information content (AvgIpc) is 3.13. The van der Waals surface area contributed by atoms with Crippen LogP contribution in [0.15, 0.2) is 17.5 Å². The Balaban J connectivity index is 1.68. The van der Waals surface area contributed by atoms with Crippen molar-refractivity contribution in [1.29, 1.82) is 0 Å². The fourth-order valence-corrected chi connectivity index (χ4v) is 4.70. The first-order chi connectivity index (χ1) is 9.23. The van der Waals surface area contributed by atoms with Crippen molar-refractivity contribution in [2.75, 3.05) is 20.1 Å². The summed E-state index contributed by atoms with van der Waals surface area (Å²) in [6, 6.07) is 4.33. The normalized spacial score (nSPS) is 31.1. The van der Waals surface area contributed by atoms with Crippen molar-refractivity contribution >= 4 is 17.2 Å². The van der Waals surface area contributed by atoms with Gasteiger partial charge in [0.15, 0.2) is 0 Å². The predicted octanol–water partition coefficient (Wildman–Crippen LogP) is 2.49. The van der Waals surface area contributed by atoms with E-state index < -0.39 is 0 Å². The molecule has 0 radical (unpaired) electrons. The Bertz CT molecular complexity index is 445. The predicted molar refractivity (Wildman–Crippen MR) is 78.1 cm³/mol. The van der Waals surface area contributed by atoms with Gasteiger partial charge in [0.1, 0.15) is 0 Å². The second-order valence-corrected chi connectivity index (χ2v) is 6.99. The van der Waals surface area contributed by atoms with Crippen molar-refractivity contribution in [1.82, 2.24) is 10.2 Å². The highest BCUT2D eigenvalue weighted by molar-refractivity contribution is 7.09. The molecular weight excluding hydrogens is 256 g/mol. The van der Waals surface area contributed by atoms with Gasteiger partial charge in [-0.25, -0.2) is 0 Å². The number of amides is 1. The molecule has 104 valence electrons. The van der Waals surface area contributed by atoms with Crippen LogP contribution in [0.4, 0.5) is 0 Å². The van der Waals surface area contributed by atoms with E-state index >= 15 is 0 Å². The molecule has 0 aromatic carbocycles. The summed E-state index contributed by atoms with van der Waals surface area (Å²) in [7, 11) is 1.77. The zero-order chi connectivity index (χ0) is 13.3. The molecule has 1 aromatic rings. The van der Waals surface area contributed by atoms with Gasteiger partial charge < -0.3 is 5.32 Å². The van der Waals surface area contributed by atoms with Gasteiger partial charge in [0.2, 0.25) is 5.91 Å². The fraction of sp³-hybridized carbons (Fsp3) is 0.667. The van der Waals surface area contributed by atoms with E-state index in [2.05, 4.69) is 27.7 Å². The van der Waals surface area contributed by atoms with Gasteiger partial charge in [0.05, 0.1) is 0 Å². The molecule has 1 spiro atoms. The Labute approximate surface area is 119 Å². The molecule has 1 aliphatic heterocycles. The van der Waals surface area contributed by atoms with E-state index in [4.69, 9.17) is 0 Å². The van der Waals surface area contributed by atoms with Crippen LogP contribution in [0.3, 0.4) is 0 Å². The zero-order valence-electron chi connectivity index (χ0n) is 11.5. The Morgan fingerprint density at radius 1 is 1.58 bits per heavy atom. The molecule has 2 fully saturated rings. The number of nitrogens with one attached hydrogen (secondary N) is 1. The van der Waals surface area contributed by atoms with Crippen LogP contribution in [0.2, 0.25) is 0 Å². The first kappa shape index (κ1) is 13.1. The van der Waals surface area contributed by atoms with Crippen molar-refractivity contribution in [3.05, 3.63) is 22.4 Å². The third-order valence-electron chi connectivity index (χ3n) is 4.89. The lowest BCUT2D eigenvalue weighted by atomic mass is 9.76. The maximum absolute atomic E-state index is 12.1. The SMILES string of the molecule is CNC(=O)[C@H]1CCC[C@]12CCN(Cc1cccs1)C2. The van der Waals surface area contributed by atoms with Gasteiger partial charge in [-0.1, -0.05) is 12.5 Å². The van der Waals surface area contributed by atoms with Crippen LogP contribution < -0.4 is 5.32 Å². The standard InChI is InChI=1S/C15H22N2OS/c1-16-14(18)13-5-2-6-15(13)7-8-17(11-15)10-12-4-3-9-19-12/h3-4,9,13H,2,5-8,10-11H2,1H3,(H,16,18)/t13-,15-/m1/s1. The second kappa shape index (κ2) is 5.25. The number of rotatable bonds is 3. The number of carbonyl (C=O) groups excluding carboxylic acids is 1. The molecule has 3 nitrogen and oxygen atoms in total. The third-order valence-corrected chi connectivity index (χ3v) is 5.75. The molecule has 19 heavy (non-hydrogen) atoms. The molecule has 3 rings (SSSR count). The lowest BCUT2D eigenvalue weighted by molar-refractivity contribution is -0.127. The Kier molecular flexibility index (Phi) is 3.63. The van der Waals surface area contributed by atoms with Crippen LogP contribution in [0.25, 0.3) is 0 Å². The monoisotopic (exact) mass is 278 g/mol. The molecule has 2 aliphatic rings. The highest BCUT2D eigenvalue weighted by Gasteiger charge is 2.49. The Morgan fingerprint density at radius 3 is 3.21 bits per heavy atom. The van der Waals surface area contributed by atoms with E-state index in [0.29, 0.717) is 0 Å². The third kappa shape index (κ3) is 2.43. The highest BCUT2D eigenvalue weighted by Crippen LogP contribution is 2.50. The largest absolute Gasteiger partial charge is 0.359 e.